The van der Waals surface area contributed by atoms with Crippen LogP contribution >= 0.6 is 0 Å². The van der Waals surface area contributed by atoms with E-state index in [2.05, 4.69) is 56.1 Å². The van der Waals surface area contributed by atoms with Gasteiger partial charge in [0.1, 0.15) is 6.07 Å². The second kappa shape index (κ2) is 5.85. The summed E-state index contributed by atoms with van der Waals surface area (Å²) in [5.74, 6) is 0. The highest BCUT2D eigenvalue weighted by Gasteiger charge is 2.22. The Morgan fingerprint density at radius 1 is 1.40 bits per heavy atom. The van der Waals surface area contributed by atoms with Crippen molar-refractivity contribution in [2.45, 2.75) is 58.7 Å². The van der Waals surface area contributed by atoms with Crippen LogP contribution in [0.25, 0.3) is 0 Å². The van der Waals surface area contributed by atoms with Gasteiger partial charge in [0.2, 0.25) is 0 Å². The average molecular weight is 271 g/mol. The molecule has 1 saturated heterocycles. The van der Waals surface area contributed by atoms with Gasteiger partial charge in [-0.2, -0.15) is 5.26 Å². The number of benzene rings is 1. The lowest BCUT2D eigenvalue weighted by atomic mass is 10.1. The van der Waals surface area contributed by atoms with Crippen molar-refractivity contribution < 1.29 is 0 Å². The number of rotatable bonds is 3. The number of anilines is 1. The van der Waals surface area contributed by atoms with Crippen molar-refractivity contribution in [2.75, 3.05) is 11.4 Å². The molecular weight excluding hydrogens is 246 g/mol. The second-order valence-electron chi connectivity index (χ2n) is 6.75. The van der Waals surface area contributed by atoms with Gasteiger partial charge in [-0.05, 0) is 58.2 Å². The molecule has 1 aromatic rings. The molecule has 0 aromatic heterocycles. The minimum atomic E-state index is 0.0922. The third-order valence-electron chi connectivity index (χ3n) is 3.87. The zero-order valence-corrected chi connectivity index (χ0v) is 13.0. The molecule has 1 unspecified atom stereocenters. The molecule has 1 aromatic carbocycles. The molecule has 1 atom stereocenters. The molecule has 0 saturated carbocycles. The van der Waals surface area contributed by atoms with Gasteiger partial charge in [0.15, 0.2) is 0 Å². The van der Waals surface area contributed by atoms with E-state index >= 15 is 0 Å². The van der Waals surface area contributed by atoms with Crippen molar-refractivity contribution in [3.8, 4) is 6.07 Å². The Kier molecular flexibility index (Phi) is 4.35. The molecule has 1 aliphatic heterocycles. The molecule has 0 aliphatic carbocycles. The van der Waals surface area contributed by atoms with Gasteiger partial charge in [0.05, 0.1) is 11.3 Å². The van der Waals surface area contributed by atoms with E-state index in [0.29, 0.717) is 6.04 Å². The van der Waals surface area contributed by atoms with Gasteiger partial charge in [0.25, 0.3) is 0 Å². The molecular formula is C17H25N3. The average Bonchev–Trinajstić information content (AvgIpc) is 2.81. The minimum absolute atomic E-state index is 0.0922. The summed E-state index contributed by atoms with van der Waals surface area (Å²) in [6.45, 7) is 10.6. The van der Waals surface area contributed by atoms with Gasteiger partial charge in [-0.1, -0.05) is 6.07 Å². The van der Waals surface area contributed by atoms with Crippen LogP contribution in [-0.4, -0.2) is 18.1 Å². The summed E-state index contributed by atoms with van der Waals surface area (Å²) in [7, 11) is 0. The van der Waals surface area contributed by atoms with Crippen molar-refractivity contribution in [1.82, 2.24) is 5.32 Å². The smallest absolute Gasteiger partial charge is 0.101 e. The number of nitriles is 1. The standard InChI is InChI=1S/C17H25N3/c1-13-6-5-9-20(13)16-8-7-14(10-15(16)11-18)12-19-17(2,3)4/h7-8,10,13,19H,5-6,9,12H2,1-4H3. The van der Waals surface area contributed by atoms with Crippen LogP contribution in [0.4, 0.5) is 5.69 Å². The van der Waals surface area contributed by atoms with Crippen LogP contribution in [0.5, 0.6) is 0 Å². The van der Waals surface area contributed by atoms with Crippen LogP contribution in [-0.2, 0) is 6.54 Å². The van der Waals surface area contributed by atoms with Crippen LogP contribution in [0.15, 0.2) is 18.2 Å². The Bertz CT molecular complexity index is 508. The fourth-order valence-electron chi connectivity index (χ4n) is 2.69. The fourth-order valence-corrected chi connectivity index (χ4v) is 2.69. The molecule has 1 heterocycles. The zero-order valence-electron chi connectivity index (χ0n) is 13.0. The van der Waals surface area contributed by atoms with Crippen molar-refractivity contribution in [3.05, 3.63) is 29.3 Å². The molecule has 2 rings (SSSR count). The summed E-state index contributed by atoms with van der Waals surface area (Å²) in [4.78, 5) is 2.36. The Morgan fingerprint density at radius 2 is 2.15 bits per heavy atom. The monoisotopic (exact) mass is 271 g/mol. The van der Waals surface area contributed by atoms with Crippen molar-refractivity contribution in [2.24, 2.45) is 0 Å². The molecule has 1 N–H and O–H groups in total. The molecule has 3 nitrogen and oxygen atoms in total. The Hall–Kier alpha value is -1.53. The van der Waals surface area contributed by atoms with Gasteiger partial charge in [-0.15, -0.1) is 0 Å². The normalized spacial score (nSPS) is 19.1. The summed E-state index contributed by atoms with van der Waals surface area (Å²) in [6.07, 6.45) is 2.44. The lowest BCUT2D eigenvalue weighted by Gasteiger charge is -2.25. The van der Waals surface area contributed by atoms with Crippen molar-refractivity contribution in [1.29, 1.82) is 5.26 Å². The van der Waals surface area contributed by atoms with E-state index < -0.39 is 0 Å². The molecule has 1 fully saturated rings. The highest BCUT2D eigenvalue weighted by Crippen LogP contribution is 2.29. The minimum Gasteiger partial charge on any atom is -0.368 e. The lowest BCUT2D eigenvalue weighted by molar-refractivity contribution is 0.424. The summed E-state index contributed by atoms with van der Waals surface area (Å²) in [5.41, 5.74) is 3.16. The Balaban J connectivity index is 2.18. The molecule has 3 heteroatoms. The molecule has 1 aliphatic rings. The van der Waals surface area contributed by atoms with E-state index in [9.17, 15) is 5.26 Å². The van der Waals surface area contributed by atoms with Gasteiger partial charge in [-0.3, -0.25) is 0 Å². The summed E-state index contributed by atoms with van der Waals surface area (Å²) in [6, 6.07) is 9.18. The third kappa shape index (κ3) is 3.52. The third-order valence-corrected chi connectivity index (χ3v) is 3.87. The highest BCUT2D eigenvalue weighted by atomic mass is 15.2. The van der Waals surface area contributed by atoms with E-state index in [-0.39, 0.29) is 5.54 Å². The molecule has 0 radical (unpaired) electrons. The first-order valence-electron chi connectivity index (χ1n) is 7.45. The quantitative estimate of drug-likeness (QED) is 0.915. The number of nitrogens with zero attached hydrogens (tertiary/aromatic N) is 2. The maximum Gasteiger partial charge on any atom is 0.101 e. The first-order valence-corrected chi connectivity index (χ1v) is 7.45. The Labute approximate surface area is 122 Å². The van der Waals surface area contributed by atoms with Crippen molar-refractivity contribution >= 4 is 5.69 Å². The number of hydrogen-bond donors (Lipinski definition) is 1. The van der Waals surface area contributed by atoms with E-state index in [1.165, 1.54) is 18.4 Å². The van der Waals surface area contributed by atoms with Gasteiger partial charge < -0.3 is 10.2 Å². The first-order chi connectivity index (χ1) is 9.40. The van der Waals surface area contributed by atoms with Crippen LogP contribution in [0.1, 0.15) is 51.7 Å². The maximum absolute atomic E-state index is 9.42. The molecule has 0 bridgehead atoms. The SMILES string of the molecule is CC1CCCN1c1ccc(CNC(C)(C)C)cc1C#N. The Morgan fingerprint density at radius 3 is 2.70 bits per heavy atom. The number of hydrogen-bond acceptors (Lipinski definition) is 3. The van der Waals surface area contributed by atoms with E-state index in [0.717, 1.165) is 24.3 Å². The van der Waals surface area contributed by atoms with E-state index in [1.54, 1.807) is 0 Å². The van der Waals surface area contributed by atoms with Crippen LogP contribution < -0.4 is 10.2 Å². The summed E-state index contributed by atoms with van der Waals surface area (Å²) >= 11 is 0. The van der Waals surface area contributed by atoms with Gasteiger partial charge in [0, 0.05) is 24.7 Å². The topological polar surface area (TPSA) is 39.1 Å². The maximum atomic E-state index is 9.42. The molecule has 108 valence electrons. The van der Waals surface area contributed by atoms with E-state index in [4.69, 9.17) is 0 Å². The first kappa shape index (κ1) is 14.9. The molecule has 0 spiro atoms. The molecule has 0 amide bonds. The highest BCUT2D eigenvalue weighted by molar-refractivity contribution is 5.61. The molecule has 20 heavy (non-hydrogen) atoms. The largest absolute Gasteiger partial charge is 0.368 e. The summed E-state index contributed by atoms with van der Waals surface area (Å²) < 4.78 is 0. The van der Waals surface area contributed by atoms with Crippen LogP contribution in [0.2, 0.25) is 0 Å². The van der Waals surface area contributed by atoms with E-state index in [1.807, 2.05) is 6.07 Å². The number of nitrogens with one attached hydrogen (secondary N) is 1. The predicted octanol–water partition coefficient (Wildman–Crippen LogP) is 3.44. The van der Waals surface area contributed by atoms with Crippen LogP contribution in [0, 0.1) is 11.3 Å². The fraction of sp³-hybridized carbons (Fsp3) is 0.588. The second-order valence-corrected chi connectivity index (χ2v) is 6.75. The van der Waals surface area contributed by atoms with Crippen molar-refractivity contribution in [3.63, 3.8) is 0 Å². The van der Waals surface area contributed by atoms with Gasteiger partial charge in [-0.25, -0.2) is 0 Å². The van der Waals surface area contributed by atoms with Crippen LogP contribution in [0.3, 0.4) is 0 Å². The predicted molar refractivity (Wildman–Crippen MR) is 83.8 cm³/mol. The summed E-state index contributed by atoms with van der Waals surface area (Å²) in [5, 5.41) is 12.9. The van der Waals surface area contributed by atoms with Gasteiger partial charge >= 0.3 is 0 Å². The lowest BCUT2D eigenvalue weighted by Crippen LogP contribution is -2.35. The zero-order chi connectivity index (χ0) is 14.8.